The summed E-state index contributed by atoms with van der Waals surface area (Å²) >= 11 is 0. The van der Waals surface area contributed by atoms with Crippen molar-refractivity contribution in [3.05, 3.63) is 24.0 Å². The highest BCUT2D eigenvalue weighted by Crippen LogP contribution is 2.26. The molecular weight excluding hydrogens is 290 g/mol. The Hall–Kier alpha value is -1.95. The van der Waals surface area contributed by atoms with E-state index in [9.17, 15) is 4.79 Å². The number of H-pyrrole nitrogens is 1. The number of nitrogens with one attached hydrogen (secondary N) is 1. The smallest absolute Gasteiger partial charge is 0.236 e. The zero-order valence-electron chi connectivity index (χ0n) is 13.4. The molecule has 2 saturated heterocycles. The van der Waals surface area contributed by atoms with Crippen molar-refractivity contribution < 1.29 is 4.79 Å². The summed E-state index contributed by atoms with van der Waals surface area (Å²) in [7, 11) is 0. The van der Waals surface area contributed by atoms with Crippen LogP contribution in [0.2, 0.25) is 0 Å². The van der Waals surface area contributed by atoms with Gasteiger partial charge >= 0.3 is 0 Å². The van der Waals surface area contributed by atoms with E-state index in [-0.39, 0.29) is 0 Å². The molecule has 0 saturated carbocycles. The number of rotatable bonds is 3. The van der Waals surface area contributed by atoms with E-state index in [1.165, 1.54) is 0 Å². The summed E-state index contributed by atoms with van der Waals surface area (Å²) in [6, 6.07) is 4.18. The van der Waals surface area contributed by atoms with Gasteiger partial charge in [-0.1, -0.05) is 0 Å². The Bertz CT molecular complexity index is 691. The molecule has 0 spiro atoms. The van der Waals surface area contributed by atoms with Crippen LogP contribution in [0.25, 0.3) is 11.0 Å². The lowest BCUT2D eigenvalue weighted by Crippen LogP contribution is -2.43. The second-order valence-corrected chi connectivity index (χ2v) is 6.71. The third-order valence-electron chi connectivity index (χ3n) is 5.06. The maximum Gasteiger partial charge on any atom is 0.236 e. The number of carbonyl (C=O) groups is 1. The Balaban J connectivity index is 1.42. The lowest BCUT2D eigenvalue weighted by molar-refractivity contribution is -0.131. The summed E-state index contributed by atoms with van der Waals surface area (Å²) in [5, 5.41) is 8.03. The Morgan fingerprint density at radius 2 is 2.09 bits per heavy atom. The van der Waals surface area contributed by atoms with E-state index in [1.807, 2.05) is 4.90 Å². The fourth-order valence-corrected chi connectivity index (χ4v) is 3.77. The summed E-state index contributed by atoms with van der Waals surface area (Å²) in [5.74, 6) is 0.697. The molecule has 1 amide bonds. The van der Waals surface area contributed by atoms with E-state index in [2.05, 4.69) is 27.2 Å². The second kappa shape index (κ2) is 6.28. The van der Waals surface area contributed by atoms with Gasteiger partial charge in [0.2, 0.25) is 5.91 Å². The monoisotopic (exact) mass is 313 g/mol. The summed E-state index contributed by atoms with van der Waals surface area (Å²) in [6.45, 7) is 4.37. The topological polar surface area (TPSA) is 65.1 Å². The number of aromatic nitrogens is 3. The van der Waals surface area contributed by atoms with Crippen molar-refractivity contribution in [2.45, 2.75) is 31.6 Å². The Morgan fingerprint density at radius 1 is 1.22 bits per heavy atom. The molecule has 0 aromatic carbocycles. The van der Waals surface area contributed by atoms with Gasteiger partial charge in [-0.3, -0.25) is 14.8 Å². The van der Waals surface area contributed by atoms with E-state index in [0.29, 0.717) is 18.4 Å². The maximum absolute atomic E-state index is 12.4. The van der Waals surface area contributed by atoms with Crippen LogP contribution < -0.4 is 0 Å². The highest BCUT2D eigenvalue weighted by molar-refractivity contribution is 5.78. The minimum atomic E-state index is 0.292. The van der Waals surface area contributed by atoms with Gasteiger partial charge in [0.05, 0.1) is 12.7 Å². The zero-order valence-corrected chi connectivity index (χ0v) is 13.4. The number of fused-ring (bicyclic) bond motifs is 1. The first-order valence-corrected chi connectivity index (χ1v) is 8.60. The number of nitrogens with zero attached hydrogens (tertiary/aromatic N) is 4. The average Bonchev–Trinajstić information content (AvgIpc) is 3.26. The summed E-state index contributed by atoms with van der Waals surface area (Å²) in [5.41, 5.74) is 1.97. The maximum atomic E-state index is 12.4. The van der Waals surface area contributed by atoms with Crippen molar-refractivity contribution in [2.75, 3.05) is 32.7 Å². The Labute approximate surface area is 135 Å². The molecule has 122 valence electrons. The molecule has 0 unspecified atom stereocenters. The predicted octanol–water partition coefficient (Wildman–Crippen LogP) is 1.76. The molecule has 4 heterocycles. The van der Waals surface area contributed by atoms with Crippen LogP contribution >= 0.6 is 0 Å². The van der Waals surface area contributed by atoms with Crippen LogP contribution in [0.5, 0.6) is 0 Å². The number of hydrogen-bond acceptors (Lipinski definition) is 4. The average molecular weight is 313 g/mol. The van der Waals surface area contributed by atoms with Gasteiger partial charge in [0.15, 0.2) is 5.65 Å². The van der Waals surface area contributed by atoms with E-state index in [4.69, 9.17) is 4.98 Å². The van der Waals surface area contributed by atoms with Crippen LogP contribution in [0.1, 0.15) is 37.3 Å². The molecule has 4 rings (SSSR count). The van der Waals surface area contributed by atoms with Crippen molar-refractivity contribution in [1.29, 1.82) is 0 Å². The highest BCUT2D eigenvalue weighted by atomic mass is 16.2. The SMILES string of the molecule is O=C(CN1CCC[C@@H](c2ccc3cn[nH]c3n2)C1)N1CCCC1. The standard InChI is InChI=1S/C17H23N5O/c23-16(22-8-1-2-9-22)12-21-7-3-4-14(11-21)15-6-5-13-10-18-20-17(13)19-15/h5-6,10,14H,1-4,7-9,11-12H2,(H,18,19,20)/t14-/m1/s1. The van der Waals surface area contributed by atoms with Gasteiger partial charge in [-0.25, -0.2) is 4.98 Å². The van der Waals surface area contributed by atoms with Gasteiger partial charge in [-0.15, -0.1) is 0 Å². The first-order valence-electron chi connectivity index (χ1n) is 8.60. The molecule has 6 heteroatoms. The third kappa shape index (κ3) is 3.08. The first kappa shape index (κ1) is 14.6. The number of aromatic amines is 1. The molecule has 23 heavy (non-hydrogen) atoms. The number of piperidine rings is 1. The summed E-state index contributed by atoms with van der Waals surface area (Å²) < 4.78 is 0. The highest BCUT2D eigenvalue weighted by Gasteiger charge is 2.26. The predicted molar refractivity (Wildman–Crippen MR) is 88.1 cm³/mol. The lowest BCUT2D eigenvalue weighted by Gasteiger charge is -2.33. The molecule has 2 aromatic heterocycles. The van der Waals surface area contributed by atoms with Gasteiger partial charge in [0.25, 0.3) is 0 Å². The van der Waals surface area contributed by atoms with Crippen molar-refractivity contribution >= 4 is 16.9 Å². The Kier molecular flexibility index (Phi) is 3.99. The molecule has 1 N–H and O–H groups in total. The number of hydrogen-bond donors (Lipinski definition) is 1. The molecule has 2 aliphatic rings. The van der Waals surface area contributed by atoms with Crippen molar-refractivity contribution in [2.24, 2.45) is 0 Å². The normalized spacial score (nSPS) is 22.8. The fourth-order valence-electron chi connectivity index (χ4n) is 3.77. The van der Waals surface area contributed by atoms with Crippen LogP contribution in [0.3, 0.4) is 0 Å². The molecule has 0 radical (unpaired) electrons. The van der Waals surface area contributed by atoms with Crippen LogP contribution in [0.4, 0.5) is 0 Å². The zero-order chi connectivity index (χ0) is 15.6. The van der Waals surface area contributed by atoms with E-state index >= 15 is 0 Å². The van der Waals surface area contributed by atoms with Crippen LogP contribution in [0, 0.1) is 0 Å². The largest absolute Gasteiger partial charge is 0.342 e. The van der Waals surface area contributed by atoms with E-state index in [0.717, 1.165) is 68.6 Å². The molecule has 2 aromatic rings. The van der Waals surface area contributed by atoms with Gasteiger partial charge < -0.3 is 4.90 Å². The van der Waals surface area contributed by atoms with Crippen molar-refractivity contribution in [3.8, 4) is 0 Å². The molecule has 6 nitrogen and oxygen atoms in total. The number of carbonyl (C=O) groups excluding carboxylic acids is 1. The van der Waals surface area contributed by atoms with Crippen molar-refractivity contribution in [1.82, 2.24) is 25.0 Å². The van der Waals surface area contributed by atoms with Gasteiger partial charge in [-0.2, -0.15) is 5.10 Å². The molecule has 2 fully saturated rings. The molecular formula is C17H23N5O. The van der Waals surface area contributed by atoms with Crippen molar-refractivity contribution in [3.63, 3.8) is 0 Å². The van der Waals surface area contributed by atoms with Crippen LogP contribution in [0.15, 0.2) is 18.3 Å². The first-order chi connectivity index (χ1) is 11.3. The minimum absolute atomic E-state index is 0.292. The quantitative estimate of drug-likeness (QED) is 0.938. The fraction of sp³-hybridized carbons (Fsp3) is 0.588. The van der Waals surface area contributed by atoms with Gasteiger partial charge in [-0.05, 0) is 44.4 Å². The second-order valence-electron chi connectivity index (χ2n) is 6.71. The Morgan fingerprint density at radius 3 is 2.96 bits per heavy atom. The van der Waals surface area contributed by atoms with Gasteiger partial charge in [0.1, 0.15) is 0 Å². The molecule has 2 aliphatic heterocycles. The van der Waals surface area contributed by atoms with Crippen LogP contribution in [-0.4, -0.2) is 63.6 Å². The van der Waals surface area contributed by atoms with Crippen LogP contribution in [-0.2, 0) is 4.79 Å². The molecule has 1 atom stereocenters. The summed E-state index contributed by atoms with van der Waals surface area (Å²) in [6.07, 6.45) is 6.38. The number of amides is 1. The molecule has 0 bridgehead atoms. The molecule has 0 aliphatic carbocycles. The van der Waals surface area contributed by atoms with Gasteiger partial charge in [0, 0.05) is 36.6 Å². The lowest BCUT2D eigenvalue weighted by atomic mass is 9.94. The number of pyridine rings is 1. The summed E-state index contributed by atoms with van der Waals surface area (Å²) in [4.78, 5) is 21.4. The number of likely N-dealkylation sites (tertiary alicyclic amines) is 2. The third-order valence-corrected chi connectivity index (χ3v) is 5.06. The van der Waals surface area contributed by atoms with E-state index in [1.54, 1.807) is 6.20 Å². The van der Waals surface area contributed by atoms with E-state index < -0.39 is 0 Å². The minimum Gasteiger partial charge on any atom is -0.342 e.